The molecule has 0 saturated carbocycles. The lowest BCUT2D eigenvalue weighted by atomic mass is 10.2. The van der Waals surface area contributed by atoms with Crippen LogP contribution in [0.3, 0.4) is 0 Å². The lowest BCUT2D eigenvalue weighted by Crippen LogP contribution is -1.90. The Morgan fingerprint density at radius 1 is 0.952 bits per heavy atom. The number of nitrogens with one attached hydrogen (secondary N) is 1. The van der Waals surface area contributed by atoms with Crippen LogP contribution in [0.4, 0.5) is 0 Å². The van der Waals surface area contributed by atoms with E-state index in [4.69, 9.17) is 0 Å². The lowest BCUT2D eigenvalue weighted by molar-refractivity contribution is 0.475. The van der Waals surface area contributed by atoms with Gasteiger partial charge < -0.3 is 10.1 Å². The number of aromatic hydroxyl groups is 1. The van der Waals surface area contributed by atoms with Crippen LogP contribution in [0.2, 0.25) is 0 Å². The maximum absolute atomic E-state index is 9.63. The second-order valence-electron chi connectivity index (χ2n) is 4.80. The van der Waals surface area contributed by atoms with Gasteiger partial charge in [-0.3, -0.25) is 4.40 Å². The van der Waals surface area contributed by atoms with Crippen molar-refractivity contribution in [1.82, 2.24) is 19.6 Å². The molecule has 5 nitrogen and oxygen atoms in total. The third kappa shape index (κ3) is 1.95. The van der Waals surface area contributed by atoms with Gasteiger partial charge in [0.05, 0.1) is 0 Å². The van der Waals surface area contributed by atoms with E-state index in [1.165, 1.54) is 0 Å². The number of hydrogen-bond acceptors (Lipinski definition) is 3. The number of nitrogens with zero attached hydrogens (tertiary/aromatic N) is 3. The SMILES string of the molecule is Oc1cccc(-c2nnc3ccc(-c4ccc[nH]4)cn23)c1. The molecular formula is C16H12N4O. The molecule has 0 fully saturated rings. The largest absolute Gasteiger partial charge is 0.508 e. The average molecular weight is 276 g/mol. The van der Waals surface area contributed by atoms with Gasteiger partial charge >= 0.3 is 0 Å². The highest BCUT2D eigenvalue weighted by Gasteiger charge is 2.10. The van der Waals surface area contributed by atoms with Crippen molar-refractivity contribution in [2.45, 2.75) is 0 Å². The molecule has 102 valence electrons. The molecule has 3 heterocycles. The zero-order valence-electron chi connectivity index (χ0n) is 11.1. The Bertz CT molecular complexity index is 909. The number of rotatable bonds is 2. The first-order valence-electron chi connectivity index (χ1n) is 6.59. The van der Waals surface area contributed by atoms with Crippen molar-refractivity contribution in [3.8, 4) is 28.4 Å². The van der Waals surface area contributed by atoms with E-state index in [9.17, 15) is 5.11 Å². The smallest absolute Gasteiger partial charge is 0.168 e. The number of pyridine rings is 1. The molecule has 0 amide bonds. The second-order valence-corrected chi connectivity index (χ2v) is 4.80. The Morgan fingerprint density at radius 2 is 1.90 bits per heavy atom. The minimum atomic E-state index is 0.213. The van der Waals surface area contributed by atoms with Gasteiger partial charge in [-0.1, -0.05) is 12.1 Å². The minimum Gasteiger partial charge on any atom is -0.508 e. The minimum absolute atomic E-state index is 0.213. The predicted octanol–water partition coefficient (Wildman–Crippen LogP) is 3.10. The molecule has 0 aliphatic heterocycles. The summed E-state index contributed by atoms with van der Waals surface area (Å²) in [7, 11) is 0. The summed E-state index contributed by atoms with van der Waals surface area (Å²) in [6, 6.07) is 14.9. The van der Waals surface area contributed by atoms with Crippen LogP contribution in [0.1, 0.15) is 0 Å². The van der Waals surface area contributed by atoms with E-state index in [0.717, 1.165) is 22.5 Å². The van der Waals surface area contributed by atoms with Crippen molar-refractivity contribution in [1.29, 1.82) is 0 Å². The molecule has 0 spiro atoms. The topological polar surface area (TPSA) is 66.2 Å². The number of H-pyrrole nitrogens is 1. The molecular weight excluding hydrogens is 264 g/mol. The van der Waals surface area contributed by atoms with E-state index >= 15 is 0 Å². The molecule has 0 aliphatic carbocycles. The molecule has 3 aromatic heterocycles. The molecule has 2 N–H and O–H groups in total. The van der Waals surface area contributed by atoms with Crippen molar-refractivity contribution in [2.75, 3.05) is 0 Å². The van der Waals surface area contributed by atoms with Gasteiger partial charge in [-0.25, -0.2) is 0 Å². The first kappa shape index (κ1) is 11.7. The predicted molar refractivity (Wildman–Crippen MR) is 79.9 cm³/mol. The normalized spacial score (nSPS) is 11.0. The summed E-state index contributed by atoms with van der Waals surface area (Å²) in [4.78, 5) is 3.18. The van der Waals surface area contributed by atoms with Crippen LogP contribution >= 0.6 is 0 Å². The fraction of sp³-hybridized carbons (Fsp3) is 0. The van der Waals surface area contributed by atoms with Gasteiger partial charge in [0.15, 0.2) is 11.5 Å². The number of phenols is 1. The van der Waals surface area contributed by atoms with Crippen LogP contribution in [0.15, 0.2) is 60.9 Å². The maximum Gasteiger partial charge on any atom is 0.168 e. The summed E-state index contributed by atoms with van der Waals surface area (Å²) in [5, 5.41) is 18.0. The zero-order chi connectivity index (χ0) is 14.2. The summed E-state index contributed by atoms with van der Waals surface area (Å²) >= 11 is 0. The molecule has 4 aromatic rings. The van der Waals surface area contributed by atoms with Gasteiger partial charge in [0.2, 0.25) is 0 Å². The molecule has 21 heavy (non-hydrogen) atoms. The highest BCUT2D eigenvalue weighted by Crippen LogP contribution is 2.24. The number of fused-ring (bicyclic) bond motifs is 1. The quantitative estimate of drug-likeness (QED) is 0.591. The molecule has 0 aliphatic rings. The summed E-state index contributed by atoms with van der Waals surface area (Å²) in [6.07, 6.45) is 3.88. The molecule has 1 aromatic carbocycles. The first-order valence-corrected chi connectivity index (χ1v) is 6.59. The number of hydrogen-bond donors (Lipinski definition) is 2. The maximum atomic E-state index is 9.63. The summed E-state index contributed by atoms with van der Waals surface area (Å²) in [6.45, 7) is 0. The van der Waals surface area contributed by atoms with Crippen LogP contribution in [0.25, 0.3) is 28.3 Å². The standard InChI is InChI=1S/C16H12N4O/c21-13-4-1-3-11(9-13)16-19-18-15-7-6-12(10-20(15)16)14-5-2-8-17-14/h1-10,17,21H. The molecule has 0 bridgehead atoms. The molecule has 0 saturated heterocycles. The Hall–Kier alpha value is -3.08. The van der Waals surface area contributed by atoms with Gasteiger partial charge in [0.25, 0.3) is 0 Å². The number of phenolic OH excluding ortho intramolecular Hbond substituents is 1. The number of benzene rings is 1. The number of aromatic amines is 1. The summed E-state index contributed by atoms with van der Waals surface area (Å²) in [5.74, 6) is 0.916. The Labute approximate surface area is 120 Å². The summed E-state index contributed by atoms with van der Waals surface area (Å²) in [5.41, 5.74) is 3.68. The molecule has 0 unspecified atom stereocenters. The van der Waals surface area contributed by atoms with Crippen LogP contribution in [0.5, 0.6) is 5.75 Å². The van der Waals surface area contributed by atoms with Gasteiger partial charge in [0.1, 0.15) is 5.75 Å². The van der Waals surface area contributed by atoms with Gasteiger partial charge in [-0.05, 0) is 36.4 Å². The van der Waals surface area contributed by atoms with Crippen molar-refractivity contribution < 1.29 is 5.11 Å². The Balaban J connectivity index is 1.92. The van der Waals surface area contributed by atoms with Crippen molar-refractivity contribution in [2.24, 2.45) is 0 Å². The fourth-order valence-electron chi connectivity index (χ4n) is 2.40. The van der Waals surface area contributed by atoms with Gasteiger partial charge in [-0.2, -0.15) is 0 Å². The van der Waals surface area contributed by atoms with Crippen molar-refractivity contribution in [3.63, 3.8) is 0 Å². The van der Waals surface area contributed by atoms with Crippen LogP contribution in [-0.2, 0) is 0 Å². The van der Waals surface area contributed by atoms with E-state index < -0.39 is 0 Å². The van der Waals surface area contributed by atoms with Crippen LogP contribution in [-0.4, -0.2) is 24.7 Å². The van der Waals surface area contributed by atoms with Crippen molar-refractivity contribution >= 4 is 5.65 Å². The molecule has 0 radical (unpaired) electrons. The highest BCUT2D eigenvalue weighted by atomic mass is 16.3. The highest BCUT2D eigenvalue weighted by molar-refractivity contribution is 5.65. The molecule has 0 atom stereocenters. The van der Waals surface area contributed by atoms with E-state index in [2.05, 4.69) is 15.2 Å². The fourth-order valence-corrected chi connectivity index (χ4v) is 2.40. The third-order valence-electron chi connectivity index (χ3n) is 3.42. The van der Waals surface area contributed by atoms with E-state index in [1.54, 1.807) is 18.2 Å². The van der Waals surface area contributed by atoms with E-state index in [0.29, 0.717) is 5.82 Å². The third-order valence-corrected chi connectivity index (χ3v) is 3.42. The van der Waals surface area contributed by atoms with Crippen LogP contribution in [0, 0.1) is 0 Å². The zero-order valence-corrected chi connectivity index (χ0v) is 11.1. The van der Waals surface area contributed by atoms with E-state index in [1.807, 2.05) is 47.1 Å². The Kier molecular flexibility index (Phi) is 2.50. The molecule has 4 rings (SSSR count). The van der Waals surface area contributed by atoms with Crippen molar-refractivity contribution in [3.05, 3.63) is 60.9 Å². The molecule has 5 heteroatoms. The van der Waals surface area contributed by atoms with E-state index in [-0.39, 0.29) is 5.75 Å². The average Bonchev–Trinajstić information content (AvgIpc) is 3.16. The second kappa shape index (κ2) is 4.49. The van der Waals surface area contributed by atoms with Crippen LogP contribution < -0.4 is 0 Å². The first-order chi connectivity index (χ1) is 10.3. The Morgan fingerprint density at radius 3 is 2.71 bits per heavy atom. The van der Waals surface area contributed by atoms with Gasteiger partial charge in [0, 0.05) is 29.2 Å². The monoisotopic (exact) mass is 276 g/mol. The van der Waals surface area contributed by atoms with Gasteiger partial charge in [-0.15, -0.1) is 10.2 Å². The summed E-state index contributed by atoms with van der Waals surface area (Å²) < 4.78 is 1.92. The lowest BCUT2D eigenvalue weighted by Gasteiger charge is -2.03. The number of aromatic nitrogens is 4.